The number of hydrogen-bond donors (Lipinski definition) is 0. The number of halogens is 4. The molecule has 0 unspecified atom stereocenters. The second-order valence-electron chi connectivity index (χ2n) is 0.429. The van der Waals surface area contributed by atoms with E-state index in [9.17, 15) is 0 Å². The molecule has 0 aliphatic carbocycles. The second-order valence-corrected chi connectivity index (χ2v) is 102. The monoisotopic (exact) mass is 614 g/mol. The Morgan fingerprint density at radius 2 is 0.833 bits per heavy atom. The van der Waals surface area contributed by atoms with E-state index < -0.39 is 11.5 Å². The van der Waals surface area contributed by atoms with Gasteiger partial charge in [0.2, 0.25) is 0 Å². The zero-order chi connectivity index (χ0) is 4.50. The first-order valence-electron chi connectivity index (χ1n) is 0.756. The molecule has 0 rings (SSSR count). The molecular weight excluding hydrogens is 614 g/mol. The summed E-state index contributed by atoms with van der Waals surface area (Å²) in [4.78, 5) is 0. The van der Waals surface area contributed by atoms with Crippen LogP contribution in [0, 0.1) is 0 Å². The molecule has 0 spiro atoms. The summed E-state index contributed by atoms with van der Waals surface area (Å²) in [7, 11) is 0. The molecule has 0 saturated carbocycles. The van der Waals surface area contributed by atoms with Crippen molar-refractivity contribution in [1.82, 2.24) is 0 Å². The van der Waals surface area contributed by atoms with Gasteiger partial charge in [-0.1, -0.05) is 0 Å². The van der Waals surface area contributed by atoms with Crippen LogP contribution in [-0.2, 0) is 0 Å². The molecule has 0 heterocycles. The Morgan fingerprint density at radius 1 is 0.833 bits per heavy atom. The van der Waals surface area contributed by atoms with Crippen molar-refractivity contribution in [2.24, 2.45) is 0 Å². The van der Waals surface area contributed by atoms with Crippen LogP contribution in [0.3, 0.4) is 0 Å². The van der Waals surface area contributed by atoms with E-state index in [1.807, 2.05) is 0 Å². The van der Waals surface area contributed by atoms with E-state index in [1.165, 1.54) is 0 Å². The molecular formula is H2Br4PbSr. The van der Waals surface area contributed by atoms with Crippen molar-refractivity contribution in [2.45, 2.75) is 0 Å². The van der Waals surface area contributed by atoms with Crippen molar-refractivity contribution in [3.8, 4) is 0 Å². The van der Waals surface area contributed by atoms with Crippen LogP contribution in [0.4, 0.5) is 0 Å². The molecule has 0 fully saturated rings. The van der Waals surface area contributed by atoms with Crippen molar-refractivity contribution in [3.05, 3.63) is 0 Å². The van der Waals surface area contributed by atoms with Crippen molar-refractivity contribution >= 4 is 105 Å². The minimum atomic E-state index is -2.03. The topological polar surface area (TPSA) is 0 Å². The molecule has 0 aromatic rings. The van der Waals surface area contributed by atoms with Gasteiger partial charge in [-0.15, -0.1) is 0 Å². The first kappa shape index (κ1) is 13.0. The predicted octanol–water partition coefficient (Wildman–Crippen LogP) is 2.09. The Hall–Kier alpha value is 4.32. The van der Waals surface area contributed by atoms with Crippen LogP contribution < -0.4 is 0 Å². The molecule has 0 amide bonds. The van der Waals surface area contributed by atoms with Gasteiger partial charge in [-0.2, -0.15) is 0 Å². The fourth-order valence-electron chi connectivity index (χ4n) is 0. The average Bonchev–Trinajstić information content (AvgIpc) is 0.722. The van der Waals surface area contributed by atoms with E-state index in [1.54, 1.807) is 0 Å². The van der Waals surface area contributed by atoms with Crippen LogP contribution in [0.15, 0.2) is 0 Å². The van der Waals surface area contributed by atoms with Gasteiger partial charge in [0, 0.05) is 0 Å². The summed E-state index contributed by atoms with van der Waals surface area (Å²) in [6, 6.07) is 0. The summed E-state index contributed by atoms with van der Waals surface area (Å²) in [5.74, 6) is 0. The van der Waals surface area contributed by atoms with Gasteiger partial charge in [0.25, 0.3) is 0 Å². The number of hydrogen-bond acceptors (Lipinski definition) is 0. The van der Waals surface area contributed by atoms with Crippen LogP contribution in [0.1, 0.15) is 0 Å². The van der Waals surface area contributed by atoms with Gasteiger partial charge >= 0.3 is 105 Å². The molecule has 36 valence electrons. The SMILES string of the molecule is [Br][Pb]([Br])([Br])[Br].[SrH2]. The first-order chi connectivity index (χ1) is 2.00. The molecule has 0 atom stereocenters. The van der Waals surface area contributed by atoms with E-state index in [2.05, 4.69) is 47.9 Å². The maximum atomic E-state index is 3.35. The summed E-state index contributed by atoms with van der Waals surface area (Å²) >= 11 is 11.4. The van der Waals surface area contributed by atoms with Gasteiger partial charge in [-0.25, -0.2) is 0 Å². The van der Waals surface area contributed by atoms with Crippen LogP contribution in [0.5, 0.6) is 0 Å². The number of rotatable bonds is 0. The third-order valence-corrected chi connectivity index (χ3v) is 0. The molecule has 6 heavy (non-hydrogen) atoms. The van der Waals surface area contributed by atoms with E-state index in [-0.39, 0.29) is 45.5 Å². The molecule has 0 aliphatic heterocycles. The molecule has 0 aliphatic rings. The molecule has 0 radical (unpaired) electrons. The van der Waals surface area contributed by atoms with E-state index in [4.69, 9.17) is 0 Å². The Balaban J connectivity index is 0. The summed E-state index contributed by atoms with van der Waals surface area (Å²) in [6.45, 7) is 0. The third-order valence-electron chi connectivity index (χ3n) is 0. The normalized spacial score (nSPS) is 10.0. The molecule has 0 aromatic carbocycles. The van der Waals surface area contributed by atoms with Crippen molar-refractivity contribution in [3.63, 3.8) is 0 Å². The Morgan fingerprint density at radius 3 is 0.833 bits per heavy atom. The molecule has 6 heteroatoms. The maximum absolute atomic E-state index is 3.35. The summed E-state index contributed by atoms with van der Waals surface area (Å²) in [5.41, 5.74) is 0. The molecule has 0 aromatic heterocycles. The van der Waals surface area contributed by atoms with E-state index in [0.29, 0.717) is 0 Å². The van der Waals surface area contributed by atoms with Crippen LogP contribution in [0.2, 0.25) is 0 Å². The fraction of sp³-hybridized carbons (Fsp3) is 0. The van der Waals surface area contributed by atoms with Crippen LogP contribution in [0.25, 0.3) is 0 Å². The van der Waals surface area contributed by atoms with Gasteiger partial charge in [0.15, 0.2) is 0 Å². The van der Waals surface area contributed by atoms with Gasteiger partial charge < -0.3 is 0 Å². The molecule has 0 nitrogen and oxygen atoms in total. The van der Waals surface area contributed by atoms with Gasteiger partial charge in [-0.3, -0.25) is 0 Å². The van der Waals surface area contributed by atoms with Crippen LogP contribution >= 0.6 is 47.9 Å². The average molecular weight is 616 g/mol. The van der Waals surface area contributed by atoms with Gasteiger partial charge in [0.1, 0.15) is 0 Å². The predicted molar refractivity (Wildman–Crippen MR) is 50.0 cm³/mol. The third kappa shape index (κ3) is 23.9. The van der Waals surface area contributed by atoms with Gasteiger partial charge in [-0.05, 0) is 0 Å². The minimum absolute atomic E-state index is 0. The Bertz CT molecular complexity index is 23.0. The Kier molecular flexibility index (Phi) is 13.1. The first-order valence-corrected chi connectivity index (χ1v) is 34.5. The van der Waals surface area contributed by atoms with Crippen molar-refractivity contribution in [1.29, 1.82) is 0 Å². The zero-order valence-corrected chi connectivity index (χ0v) is 12.2. The summed E-state index contributed by atoms with van der Waals surface area (Å²) in [5, 5.41) is 0. The summed E-state index contributed by atoms with van der Waals surface area (Å²) in [6.07, 6.45) is 0. The second kappa shape index (κ2) is 6.06. The molecule has 0 bridgehead atoms. The standard InChI is InChI=1S/4BrH.Pb.Sr.2H/h4*1H;;;;/q;;;;+4;;;/p-4. The van der Waals surface area contributed by atoms with E-state index >= 15 is 0 Å². The summed E-state index contributed by atoms with van der Waals surface area (Å²) < 4.78 is 0. The van der Waals surface area contributed by atoms with Crippen molar-refractivity contribution < 1.29 is 0 Å². The fourth-order valence-corrected chi connectivity index (χ4v) is 0. The molecule has 0 saturated heterocycles. The molecule has 0 N–H and O–H groups in total. The van der Waals surface area contributed by atoms with Crippen molar-refractivity contribution in [2.75, 3.05) is 0 Å². The van der Waals surface area contributed by atoms with Crippen LogP contribution in [-0.4, -0.2) is 57.0 Å². The van der Waals surface area contributed by atoms with E-state index in [0.717, 1.165) is 0 Å². The van der Waals surface area contributed by atoms with Gasteiger partial charge in [0.05, 0.1) is 0 Å². The quantitative estimate of drug-likeness (QED) is 0.366. The Labute approximate surface area is 101 Å². The zero-order valence-electron chi connectivity index (χ0n) is 2.01.